The Hall–Kier alpha value is -1.71. The predicted octanol–water partition coefficient (Wildman–Crippen LogP) is 5.14. The topological polar surface area (TPSA) is 88.1 Å². The van der Waals surface area contributed by atoms with Crippen molar-refractivity contribution in [2.75, 3.05) is 13.2 Å². The summed E-state index contributed by atoms with van der Waals surface area (Å²) in [6, 6.07) is 2.10. The van der Waals surface area contributed by atoms with Crippen molar-refractivity contribution in [2.24, 2.45) is 40.4 Å². The molecule has 0 unspecified atom stereocenters. The summed E-state index contributed by atoms with van der Waals surface area (Å²) in [5.74, 6) is 3.02. The average molecular weight is 482 g/mol. The second kappa shape index (κ2) is 9.30. The number of fused-ring (bicyclic) bond motifs is 5. The van der Waals surface area contributed by atoms with Gasteiger partial charge in [-0.05, 0) is 106 Å². The van der Waals surface area contributed by atoms with E-state index in [2.05, 4.69) is 25.0 Å². The van der Waals surface area contributed by atoms with Gasteiger partial charge in [-0.1, -0.05) is 13.8 Å². The summed E-state index contributed by atoms with van der Waals surface area (Å²) in [5.41, 5.74) is 0.275. The van der Waals surface area contributed by atoms with Gasteiger partial charge in [-0.2, -0.15) is 10.4 Å². The molecule has 35 heavy (non-hydrogen) atoms. The number of carbonyl (C=O) groups is 1. The Bertz CT molecular complexity index is 984. The Morgan fingerprint density at radius 2 is 2.03 bits per heavy atom. The number of Topliss-reactive ketones (excluding diaryl/α,β-unsaturated/α-hetero) is 1. The summed E-state index contributed by atoms with van der Waals surface area (Å²) in [7, 11) is 0. The minimum absolute atomic E-state index is 0.0790. The molecule has 0 amide bonds. The largest absolute Gasteiger partial charge is 0.387 e. The molecule has 0 aliphatic heterocycles. The molecule has 4 aliphatic carbocycles. The fourth-order valence-electron chi connectivity index (χ4n) is 9.57. The Labute approximate surface area is 210 Å². The summed E-state index contributed by atoms with van der Waals surface area (Å²) in [6.07, 6.45) is 14.3. The van der Waals surface area contributed by atoms with Crippen LogP contribution in [0.2, 0.25) is 0 Å². The highest BCUT2D eigenvalue weighted by molar-refractivity contribution is 5.82. The Morgan fingerprint density at radius 1 is 1.20 bits per heavy atom. The zero-order valence-corrected chi connectivity index (χ0v) is 21.8. The first kappa shape index (κ1) is 25.0. The second-order valence-electron chi connectivity index (χ2n) is 12.5. The molecule has 5 rings (SSSR count). The van der Waals surface area contributed by atoms with E-state index in [9.17, 15) is 9.90 Å². The molecule has 6 heteroatoms. The molecule has 4 fully saturated rings. The molecule has 1 aromatic rings. The third-order valence-electron chi connectivity index (χ3n) is 11.2. The van der Waals surface area contributed by atoms with E-state index in [0.29, 0.717) is 47.7 Å². The maximum absolute atomic E-state index is 13.5. The van der Waals surface area contributed by atoms with E-state index in [1.54, 1.807) is 17.1 Å². The smallest absolute Gasteiger partial charge is 0.157 e. The number of aromatic nitrogens is 2. The van der Waals surface area contributed by atoms with Crippen molar-refractivity contribution >= 4 is 5.78 Å². The van der Waals surface area contributed by atoms with Gasteiger partial charge >= 0.3 is 0 Å². The summed E-state index contributed by atoms with van der Waals surface area (Å²) in [6.45, 7) is 8.21. The van der Waals surface area contributed by atoms with Gasteiger partial charge in [-0.3, -0.25) is 9.48 Å². The van der Waals surface area contributed by atoms with Crippen LogP contribution in [0.25, 0.3) is 0 Å². The summed E-state index contributed by atoms with van der Waals surface area (Å²) < 4.78 is 7.32. The lowest BCUT2D eigenvalue weighted by Gasteiger charge is -2.63. The fraction of sp³-hybridized carbons (Fsp3) is 0.828. The molecule has 0 saturated heterocycles. The van der Waals surface area contributed by atoms with Crippen LogP contribution < -0.4 is 0 Å². The van der Waals surface area contributed by atoms with E-state index < -0.39 is 5.60 Å². The number of hydrogen-bond acceptors (Lipinski definition) is 5. The van der Waals surface area contributed by atoms with Crippen LogP contribution >= 0.6 is 0 Å². The van der Waals surface area contributed by atoms with E-state index in [1.807, 2.05) is 6.92 Å². The third-order valence-corrected chi connectivity index (χ3v) is 11.2. The molecule has 0 spiro atoms. The van der Waals surface area contributed by atoms with Gasteiger partial charge in [0.25, 0.3) is 0 Å². The van der Waals surface area contributed by atoms with Gasteiger partial charge in [0.1, 0.15) is 6.07 Å². The molecule has 0 bridgehead atoms. The number of rotatable bonds is 7. The van der Waals surface area contributed by atoms with Gasteiger partial charge in [0.2, 0.25) is 0 Å². The number of ketones is 1. The molecule has 1 aromatic heterocycles. The van der Waals surface area contributed by atoms with Gasteiger partial charge < -0.3 is 9.84 Å². The Balaban J connectivity index is 1.32. The highest BCUT2D eigenvalue weighted by Gasteiger charge is 2.62. The normalized spacial score (nSPS) is 42.5. The van der Waals surface area contributed by atoms with Crippen LogP contribution in [0.15, 0.2) is 12.4 Å². The SMILES string of the molecule is CCOC[C@@]1(O)CC[C@@]2(CC)[C@@H](CC[C@H]3[C@@H]4CC[C@H](C(=O)Cn5cc(C#N)cn5)[C@@]4(C)CC[C@@H]32)C1. The highest BCUT2D eigenvalue weighted by Crippen LogP contribution is 2.69. The molecule has 4 saturated carbocycles. The van der Waals surface area contributed by atoms with Gasteiger partial charge in [0.15, 0.2) is 5.78 Å². The van der Waals surface area contributed by atoms with Crippen molar-refractivity contribution in [3.63, 3.8) is 0 Å². The number of nitrogens with zero attached hydrogens (tertiary/aromatic N) is 3. The van der Waals surface area contributed by atoms with Crippen molar-refractivity contribution in [3.05, 3.63) is 18.0 Å². The molecule has 1 heterocycles. The van der Waals surface area contributed by atoms with Crippen molar-refractivity contribution in [1.82, 2.24) is 9.78 Å². The van der Waals surface area contributed by atoms with Crippen LogP contribution in [-0.4, -0.2) is 39.5 Å². The average Bonchev–Trinajstić information content (AvgIpc) is 3.46. The third kappa shape index (κ3) is 4.07. The molecular weight excluding hydrogens is 438 g/mol. The summed E-state index contributed by atoms with van der Waals surface area (Å²) in [5, 5.41) is 24.6. The standard InChI is InChI=1S/C29H43N3O3/c1-4-29-13-12-28(34,19-35-5-2)14-21(29)6-7-22-23-8-9-25(27(23,3)11-10-24(22)29)26(33)18-32-17-20(15-30)16-31-32/h16-17,21-25,34H,4-14,18-19H2,1-3H3/t21-,22-,23-,24-,25+,27-,28+,29-/m0/s1. The van der Waals surface area contributed by atoms with Crippen LogP contribution in [0.1, 0.15) is 90.5 Å². The Kier molecular flexibility index (Phi) is 6.64. The molecule has 8 atom stereocenters. The monoisotopic (exact) mass is 481 g/mol. The number of ether oxygens (including phenoxy) is 1. The van der Waals surface area contributed by atoms with Crippen LogP contribution in [0, 0.1) is 51.8 Å². The van der Waals surface area contributed by atoms with E-state index in [0.717, 1.165) is 44.4 Å². The number of carbonyl (C=O) groups excluding carboxylic acids is 1. The van der Waals surface area contributed by atoms with Gasteiger partial charge in [0.05, 0.1) is 30.5 Å². The molecular formula is C29H43N3O3. The zero-order valence-electron chi connectivity index (χ0n) is 21.8. The van der Waals surface area contributed by atoms with Crippen molar-refractivity contribution < 1.29 is 14.6 Å². The Morgan fingerprint density at radius 3 is 2.74 bits per heavy atom. The molecule has 192 valence electrons. The van der Waals surface area contributed by atoms with Crippen LogP contribution in [0.4, 0.5) is 0 Å². The lowest BCUT2D eigenvalue weighted by atomic mass is 9.42. The van der Waals surface area contributed by atoms with Gasteiger partial charge in [-0.25, -0.2) is 0 Å². The van der Waals surface area contributed by atoms with Crippen molar-refractivity contribution in [1.29, 1.82) is 5.26 Å². The number of nitriles is 1. The van der Waals surface area contributed by atoms with Crippen molar-refractivity contribution in [3.8, 4) is 6.07 Å². The van der Waals surface area contributed by atoms with Gasteiger partial charge in [0, 0.05) is 18.7 Å². The number of aliphatic hydroxyl groups is 1. The quantitative estimate of drug-likeness (QED) is 0.582. The van der Waals surface area contributed by atoms with Crippen LogP contribution in [0.5, 0.6) is 0 Å². The maximum atomic E-state index is 13.5. The number of hydrogen-bond donors (Lipinski definition) is 1. The van der Waals surface area contributed by atoms with E-state index >= 15 is 0 Å². The lowest BCUT2D eigenvalue weighted by molar-refractivity contribution is -0.173. The first-order valence-corrected chi connectivity index (χ1v) is 14.0. The van der Waals surface area contributed by atoms with E-state index in [4.69, 9.17) is 10.00 Å². The first-order chi connectivity index (χ1) is 16.8. The van der Waals surface area contributed by atoms with Crippen LogP contribution in [-0.2, 0) is 16.1 Å². The van der Waals surface area contributed by atoms with Gasteiger partial charge in [-0.15, -0.1) is 0 Å². The summed E-state index contributed by atoms with van der Waals surface area (Å²) >= 11 is 0. The minimum atomic E-state index is -0.655. The van der Waals surface area contributed by atoms with E-state index in [1.165, 1.54) is 25.7 Å². The predicted molar refractivity (Wildman–Crippen MR) is 133 cm³/mol. The lowest BCUT2D eigenvalue weighted by Crippen LogP contribution is -2.57. The van der Waals surface area contributed by atoms with Crippen LogP contribution in [0.3, 0.4) is 0 Å². The molecule has 0 aromatic carbocycles. The minimum Gasteiger partial charge on any atom is -0.387 e. The highest BCUT2D eigenvalue weighted by atomic mass is 16.5. The first-order valence-electron chi connectivity index (χ1n) is 14.0. The fourth-order valence-corrected chi connectivity index (χ4v) is 9.57. The molecule has 4 aliphatic rings. The van der Waals surface area contributed by atoms with Crippen molar-refractivity contribution in [2.45, 2.75) is 97.1 Å². The second-order valence-corrected chi connectivity index (χ2v) is 12.5. The van der Waals surface area contributed by atoms with E-state index in [-0.39, 0.29) is 17.9 Å². The molecule has 6 nitrogen and oxygen atoms in total. The molecule has 0 radical (unpaired) electrons. The molecule has 1 N–H and O–H groups in total. The zero-order chi connectivity index (χ0) is 24.8. The summed E-state index contributed by atoms with van der Waals surface area (Å²) in [4.78, 5) is 13.5. The maximum Gasteiger partial charge on any atom is 0.157 e.